The number of amides is 1. The predicted molar refractivity (Wildman–Crippen MR) is 88.0 cm³/mol. The average Bonchev–Trinajstić information content (AvgIpc) is 3.24. The highest BCUT2D eigenvalue weighted by Gasteiger charge is 2.30. The van der Waals surface area contributed by atoms with E-state index in [0.717, 1.165) is 18.7 Å². The van der Waals surface area contributed by atoms with Crippen LogP contribution in [0.15, 0.2) is 23.4 Å². The number of nitrogens with two attached hydrogens (primary N) is 1. The van der Waals surface area contributed by atoms with Crippen LogP contribution in [0.1, 0.15) is 24.6 Å². The van der Waals surface area contributed by atoms with Gasteiger partial charge in [-0.05, 0) is 31.0 Å². The van der Waals surface area contributed by atoms with E-state index in [0.29, 0.717) is 26.8 Å². The lowest BCUT2D eigenvalue weighted by molar-refractivity contribution is -0.113. The molecule has 0 spiro atoms. The molecule has 9 heteroatoms. The number of anilines is 1. The summed E-state index contributed by atoms with van der Waals surface area (Å²) in [5, 5.41) is 12.2. The van der Waals surface area contributed by atoms with E-state index in [-0.39, 0.29) is 11.7 Å². The molecule has 2 aromatic rings. The minimum atomic E-state index is -0.204. The van der Waals surface area contributed by atoms with Gasteiger partial charge in [0.25, 0.3) is 0 Å². The highest BCUT2D eigenvalue weighted by molar-refractivity contribution is 7.99. The van der Waals surface area contributed by atoms with E-state index in [4.69, 9.17) is 29.0 Å². The van der Waals surface area contributed by atoms with E-state index < -0.39 is 0 Å². The number of nitrogens with one attached hydrogen (secondary N) is 1. The maximum atomic E-state index is 12.0. The lowest BCUT2D eigenvalue weighted by Crippen LogP contribution is -2.17. The van der Waals surface area contributed by atoms with E-state index in [1.54, 1.807) is 18.2 Å². The van der Waals surface area contributed by atoms with Crippen molar-refractivity contribution < 1.29 is 4.79 Å². The van der Waals surface area contributed by atoms with Crippen molar-refractivity contribution in [2.45, 2.75) is 23.9 Å². The SMILES string of the molecule is Nn1c(SCC(=O)Nc2ccc(Cl)cc2Cl)nnc1C1CC1. The molecule has 1 amide bonds. The Balaban J connectivity index is 1.58. The van der Waals surface area contributed by atoms with Crippen LogP contribution in [0, 0.1) is 0 Å². The fourth-order valence-electron chi connectivity index (χ4n) is 1.91. The molecule has 1 aromatic heterocycles. The van der Waals surface area contributed by atoms with Gasteiger partial charge in [0.05, 0.1) is 16.5 Å². The molecule has 1 aliphatic carbocycles. The second kappa shape index (κ2) is 6.36. The zero-order valence-electron chi connectivity index (χ0n) is 11.4. The second-order valence-electron chi connectivity index (χ2n) is 4.95. The molecule has 3 rings (SSSR count). The number of rotatable bonds is 5. The van der Waals surface area contributed by atoms with Crippen molar-refractivity contribution in [3.8, 4) is 0 Å². The molecule has 0 saturated heterocycles. The summed E-state index contributed by atoms with van der Waals surface area (Å²) in [7, 11) is 0. The molecule has 6 nitrogen and oxygen atoms in total. The van der Waals surface area contributed by atoms with Crippen LogP contribution in [0.25, 0.3) is 0 Å². The third kappa shape index (κ3) is 3.48. The first kappa shape index (κ1) is 15.5. The van der Waals surface area contributed by atoms with Crippen LogP contribution in [0.3, 0.4) is 0 Å². The van der Waals surface area contributed by atoms with Gasteiger partial charge in [0.2, 0.25) is 11.1 Å². The molecular formula is C13H13Cl2N5OS. The van der Waals surface area contributed by atoms with Gasteiger partial charge in [0.15, 0.2) is 5.82 Å². The van der Waals surface area contributed by atoms with Gasteiger partial charge < -0.3 is 11.2 Å². The molecule has 22 heavy (non-hydrogen) atoms. The maximum Gasteiger partial charge on any atom is 0.234 e. The lowest BCUT2D eigenvalue weighted by Gasteiger charge is -2.07. The molecule has 1 saturated carbocycles. The second-order valence-corrected chi connectivity index (χ2v) is 6.73. The quantitative estimate of drug-likeness (QED) is 0.634. The van der Waals surface area contributed by atoms with Gasteiger partial charge in [0.1, 0.15) is 0 Å². The Morgan fingerprint density at radius 3 is 2.86 bits per heavy atom. The van der Waals surface area contributed by atoms with Gasteiger partial charge in [0, 0.05) is 10.9 Å². The first-order chi connectivity index (χ1) is 10.5. The van der Waals surface area contributed by atoms with Gasteiger partial charge in [-0.25, -0.2) is 4.68 Å². The van der Waals surface area contributed by atoms with Crippen LogP contribution >= 0.6 is 35.0 Å². The van der Waals surface area contributed by atoms with Crippen LogP contribution in [0.4, 0.5) is 5.69 Å². The fourth-order valence-corrected chi connectivity index (χ4v) is 3.03. The standard InChI is InChI=1S/C13H13Cl2N5OS/c14-8-3-4-10(9(15)5-8)17-11(21)6-22-13-19-18-12(20(13)16)7-1-2-7/h3-5,7H,1-2,6,16H2,(H,17,21). The highest BCUT2D eigenvalue weighted by Crippen LogP contribution is 2.39. The summed E-state index contributed by atoms with van der Waals surface area (Å²) in [6.45, 7) is 0. The van der Waals surface area contributed by atoms with Crippen molar-refractivity contribution in [1.29, 1.82) is 0 Å². The van der Waals surface area contributed by atoms with Crippen molar-refractivity contribution in [1.82, 2.24) is 14.9 Å². The average molecular weight is 358 g/mol. The summed E-state index contributed by atoms with van der Waals surface area (Å²) in [5.74, 6) is 7.08. The number of carbonyl (C=O) groups excluding carboxylic acids is 1. The number of benzene rings is 1. The van der Waals surface area contributed by atoms with Crippen LogP contribution in [0.5, 0.6) is 0 Å². The number of hydrogen-bond acceptors (Lipinski definition) is 5. The summed E-state index contributed by atoms with van der Waals surface area (Å²) in [6, 6.07) is 4.89. The number of aromatic nitrogens is 3. The number of hydrogen-bond donors (Lipinski definition) is 2. The Bertz CT molecular complexity index is 716. The number of nitrogen functional groups attached to an aromatic ring is 1. The summed E-state index contributed by atoms with van der Waals surface area (Å²) >= 11 is 13.1. The molecule has 3 N–H and O–H groups in total. The molecule has 1 heterocycles. The molecule has 116 valence electrons. The minimum absolute atomic E-state index is 0.166. The molecule has 0 unspecified atom stereocenters. The van der Waals surface area contributed by atoms with Crippen molar-refractivity contribution >= 4 is 46.6 Å². The Hall–Kier alpha value is -1.44. The van der Waals surface area contributed by atoms with Crippen LogP contribution in [-0.4, -0.2) is 26.5 Å². The Morgan fingerprint density at radius 1 is 1.41 bits per heavy atom. The van der Waals surface area contributed by atoms with E-state index in [2.05, 4.69) is 15.5 Å². The maximum absolute atomic E-state index is 12.0. The first-order valence-corrected chi connectivity index (χ1v) is 8.37. The molecule has 0 atom stereocenters. The van der Waals surface area contributed by atoms with Crippen molar-refractivity contribution in [3.05, 3.63) is 34.1 Å². The van der Waals surface area contributed by atoms with Crippen LogP contribution < -0.4 is 11.2 Å². The fraction of sp³-hybridized carbons (Fsp3) is 0.308. The van der Waals surface area contributed by atoms with Crippen LogP contribution in [0.2, 0.25) is 10.0 Å². The summed E-state index contributed by atoms with van der Waals surface area (Å²) < 4.78 is 1.46. The molecule has 1 fully saturated rings. The van der Waals surface area contributed by atoms with Gasteiger partial charge in [-0.3, -0.25) is 4.79 Å². The Labute approximate surface area is 141 Å². The number of thioether (sulfide) groups is 1. The lowest BCUT2D eigenvalue weighted by atomic mass is 10.3. The molecule has 1 aromatic carbocycles. The smallest absolute Gasteiger partial charge is 0.234 e. The van der Waals surface area contributed by atoms with Gasteiger partial charge in [-0.15, -0.1) is 10.2 Å². The summed E-state index contributed by atoms with van der Waals surface area (Å²) in [6.07, 6.45) is 2.19. The number of nitrogens with zero attached hydrogens (tertiary/aromatic N) is 3. The summed E-state index contributed by atoms with van der Waals surface area (Å²) in [5.41, 5.74) is 0.518. The molecule has 0 radical (unpaired) electrons. The van der Waals surface area contributed by atoms with E-state index in [1.807, 2.05) is 0 Å². The van der Waals surface area contributed by atoms with E-state index in [9.17, 15) is 4.79 Å². The van der Waals surface area contributed by atoms with Crippen molar-refractivity contribution in [2.24, 2.45) is 0 Å². The molecule has 1 aliphatic rings. The topological polar surface area (TPSA) is 85.8 Å². The normalized spacial score (nSPS) is 14.1. The van der Waals surface area contributed by atoms with Gasteiger partial charge in [-0.2, -0.15) is 0 Å². The highest BCUT2D eigenvalue weighted by atomic mass is 35.5. The first-order valence-electron chi connectivity index (χ1n) is 6.62. The van der Waals surface area contributed by atoms with E-state index in [1.165, 1.54) is 16.4 Å². The van der Waals surface area contributed by atoms with E-state index >= 15 is 0 Å². The van der Waals surface area contributed by atoms with Crippen molar-refractivity contribution in [3.63, 3.8) is 0 Å². The molecule has 0 aliphatic heterocycles. The summed E-state index contributed by atoms with van der Waals surface area (Å²) in [4.78, 5) is 12.0. The largest absolute Gasteiger partial charge is 0.336 e. The molecule has 0 bridgehead atoms. The van der Waals surface area contributed by atoms with Crippen LogP contribution in [-0.2, 0) is 4.79 Å². The number of halogens is 2. The van der Waals surface area contributed by atoms with Crippen molar-refractivity contribution in [2.75, 3.05) is 16.9 Å². The third-order valence-electron chi connectivity index (χ3n) is 3.17. The Morgan fingerprint density at radius 2 is 2.18 bits per heavy atom. The van der Waals surface area contributed by atoms with Gasteiger partial charge in [-0.1, -0.05) is 35.0 Å². The Kier molecular flexibility index (Phi) is 4.46. The monoisotopic (exact) mass is 357 g/mol. The molecular weight excluding hydrogens is 345 g/mol. The van der Waals surface area contributed by atoms with Gasteiger partial charge >= 0.3 is 0 Å². The zero-order chi connectivity index (χ0) is 15.7. The number of carbonyl (C=O) groups is 1. The minimum Gasteiger partial charge on any atom is -0.336 e. The third-order valence-corrected chi connectivity index (χ3v) is 4.66. The predicted octanol–water partition coefficient (Wildman–Crippen LogP) is 2.91. The zero-order valence-corrected chi connectivity index (χ0v) is 13.8.